The molecule has 0 amide bonds. The minimum Gasteiger partial charge on any atom is -0.478 e. The number of rotatable bonds is 11. The summed E-state index contributed by atoms with van der Waals surface area (Å²) in [6.45, 7) is 3.97. The van der Waals surface area contributed by atoms with Gasteiger partial charge in [0.2, 0.25) is 0 Å². The van der Waals surface area contributed by atoms with Crippen molar-refractivity contribution in [1.29, 1.82) is 0 Å². The highest BCUT2D eigenvalue weighted by Crippen LogP contribution is 2.20. The molecule has 4 heteroatoms. The van der Waals surface area contributed by atoms with Gasteiger partial charge in [-0.05, 0) is 43.0 Å². The van der Waals surface area contributed by atoms with E-state index in [1.54, 1.807) is 13.0 Å². The number of hydrogen-bond acceptors (Lipinski definition) is 2. The molecule has 1 aromatic rings. The first kappa shape index (κ1) is 19.2. The maximum absolute atomic E-state index is 11.3. The van der Waals surface area contributed by atoms with E-state index in [2.05, 4.69) is 6.92 Å². The fourth-order valence-electron chi connectivity index (χ4n) is 2.83. The number of carboxylic acids is 2. The van der Waals surface area contributed by atoms with Gasteiger partial charge in [-0.15, -0.1) is 0 Å². The monoisotopic (exact) mass is 320 g/mol. The van der Waals surface area contributed by atoms with Gasteiger partial charge in [-0.25, -0.2) is 9.59 Å². The SMILES string of the molecule is CCCCCCCCCCc1cc(C(=O)O)cc(C(=O)O)c1C. The molecule has 0 fully saturated rings. The molecule has 1 rings (SSSR count). The van der Waals surface area contributed by atoms with Crippen molar-refractivity contribution < 1.29 is 19.8 Å². The molecular formula is C19H28O4. The Labute approximate surface area is 138 Å². The fraction of sp³-hybridized carbons (Fsp3) is 0.579. The highest BCUT2D eigenvalue weighted by atomic mass is 16.4. The Morgan fingerprint density at radius 1 is 0.870 bits per heavy atom. The summed E-state index contributed by atoms with van der Waals surface area (Å²) in [6, 6.07) is 2.86. The Hall–Kier alpha value is -1.84. The number of benzene rings is 1. The highest BCUT2D eigenvalue weighted by molar-refractivity contribution is 5.95. The molecular weight excluding hydrogens is 292 g/mol. The lowest BCUT2D eigenvalue weighted by atomic mass is 9.94. The average molecular weight is 320 g/mol. The number of carbonyl (C=O) groups is 2. The minimum atomic E-state index is -1.08. The summed E-state index contributed by atoms with van der Waals surface area (Å²) in [7, 11) is 0. The van der Waals surface area contributed by atoms with E-state index in [1.807, 2.05) is 0 Å². The van der Waals surface area contributed by atoms with E-state index in [0.29, 0.717) is 5.56 Å². The lowest BCUT2D eigenvalue weighted by Crippen LogP contribution is -2.08. The molecule has 0 aliphatic rings. The van der Waals surface area contributed by atoms with Crippen molar-refractivity contribution in [2.75, 3.05) is 0 Å². The first-order chi connectivity index (χ1) is 11.0. The Kier molecular flexibility index (Phi) is 8.38. The van der Waals surface area contributed by atoms with Crippen LogP contribution in [0.4, 0.5) is 0 Å². The zero-order valence-corrected chi connectivity index (χ0v) is 14.2. The molecule has 0 heterocycles. The molecule has 0 aliphatic carbocycles. The van der Waals surface area contributed by atoms with Crippen LogP contribution in [0.25, 0.3) is 0 Å². The van der Waals surface area contributed by atoms with Crippen LogP contribution >= 0.6 is 0 Å². The van der Waals surface area contributed by atoms with Gasteiger partial charge < -0.3 is 10.2 Å². The van der Waals surface area contributed by atoms with Gasteiger partial charge >= 0.3 is 11.9 Å². The van der Waals surface area contributed by atoms with Gasteiger partial charge in [-0.3, -0.25) is 0 Å². The van der Waals surface area contributed by atoms with Crippen LogP contribution in [-0.4, -0.2) is 22.2 Å². The number of aromatic carboxylic acids is 2. The summed E-state index contributed by atoms with van der Waals surface area (Å²) in [5.41, 5.74) is 1.68. The quantitative estimate of drug-likeness (QED) is 0.558. The molecule has 23 heavy (non-hydrogen) atoms. The summed E-state index contributed by atoms with van der Waals surface area (Å²) in [5, 5.41) is 18.3. The van der Waals surface area contributed by atoms with Crippen molar-refractivity contribution in [2.45, 2.75) is 71.6 Å². The zero-order valence-electron chi connectivity index (χ0n) is 14.2. The Morgan fingerprint density at radius 2 is 1.43 bits per heavy atom. The predicted molar refractivity (Wildman–Crippen MR) is 91.4 cm³/mol. The van der Waals surface area contributed by atoms with Crippen LogP contribution in [0.2, 0.25) is 0 Å². The van der Waals surface area contributed by atoms with E-state index >= 15 is 0 Å². The summed E-state index contributed by atoms with van der Waals surface area (Å²) in [6.07, 6.45) is 10.4. The Morgan fingerprint density at radius 3 is 1.96 bits per heavy atom. The molecule has 0 spiro atoms. The molecule has 1 aromatic carbocycles. The zero-order chi connectivity index (χ0) is 17.2. The molecule has 0 unspecified atom stereocenters. The Bertz CT molecular complexity index is 534. The van der Waals surface area contributed by atoms with E-state index in [0.717, 1.165) is 24.8 Å². The van der Waals surface area contributed by atoms with Crippen LogP contribution in [-0.2, 0) is 6.42 Å². The molecule has 128 valence electrons. The fourth-order valence-corrected chi connectivity index (χ4v) is 2.83. The van der Waals surface area contributed by atoms with Crippen molar-refractivity contribution in [2.24, 2.45) is 0 Å². The highest BCUT2D eigenvalue weighted by Gasteiger charge is 2.15. The first-order valence-electron chi connectivity index (χ1n) is 8.57. The standard InChI is InChI=1S/C19H28O4/c1-3-4-5-6-7-8-9-10-11-15-12-16(18(20)21)13-17(14(15)2)19(22)23/h12-13H,3-11H2,1-2H3,(H,20,21)(H,22,23). The number of hydrogen-bond donors (Lipinski definition) is 2. The molecule has 0 atom stereocenters. The van der Waals surface area contributed by atoms with Crippen molar-refractivity contribution in [3.63, 3.8) is 0 Å². The molecule has 0 aliphatic heterocycles. The summed E-state index contributed by atoms with van der Waals surface area (Å²) in [4.78, 5) is 22.4. The third-order valence-electron chi connectivity index (χ3n) is 4.29. The smallest absolute Gasteiger partial charge is 0.335 e. The Balaban J connectivity index is 2.55. The maximum Gasteiger partial charge on any atom is 0.335 e. The minimum absolute atomic E-state index is 0.0579. The van der Waals surface area contributed by atoms with Crippen molar-refractivity contribution in [3.8, 4) is 0 Å². The second-order valence-corrected chi connectivity index (χ2v) is 6.14. The molecule has 0 saturated heterocycles. The van der Waals surface area contributed by atoms with E-state index in [4.69, 9.17) is 5.11 Å². The van der Waals surface area contributed by atoms with Crippen LogP contribution in [0, 0.1) is 6.92 Å². The van der Waals surface area contributed by atoms with Gasteiger partial charge in [0.25, 0.3) is 0 Å². The largest absolute Gasteiger partial charge is 0.478 e. The maximum atomic E-state index is 11.3. The van der Waals surface area contributed by atoms with E-state index in [1.165, 1.54) is 44.6 Å². The van der Waals surface area contributed by atoms with E-state index in [-0.39, 0.29) is 11.1 Å². The van der Waals surface area contributed by atoms with Gasteiger partial charge in [-0.2, -0.15) is 0 Å². The molecule has 2 N–H and O–H groups in total. The third-order valence-corrected chi connectivity index (χ3v) is 4.29. The van der Waals surface area contributed by atoms with Crippen LogP contribution in [0.15, 0.2) is 12.1 Å². The van der Waals surface area contributed by atoms with Crippen molar-refractivity contribution in [1.82, 2.24) is 0 Å². The van der Waals surface area contributed by atoms with Crippen LogP contribution in [0.5, 0.6) is 0 Å². The lowest BCUT2D eigenvalue weighted by Gasteiger charge is -2.11. The number of unbranched alkanes of at least 4 members (excludes halogenated alkanes) is 7. The van der Waals surface area contributed by atoms with Gasteiger partial charge in [0.15, 0.2) is 0 Å². The molecule has 0 bridgehead atoms. The third kappa shape index (κ3) is 6.43. The number of aryl methyl sites for hydroxylation is 1. The van der Waals surface area contributed by atoms with Crippen molar-refractivity contribution in [3.05, 3.63) is 34.4 Å². The molecule has 0 saturated carbocycles. The summed E-state index contributed by atoms with van der Waals surface area (Å²) in [5.74, 6) is -2.15. The summed E-state index contributed by atoms with van der Waals surface area (Å²) < 4.78 is 0. The molecule has 4 nitrogen and oxygen atoms in total. The molecule has 0 aromatic heterocycles. The van der Waals surface area contributed by atoms with Crippen LogP contribution < -0.4 is 0 Å². The summed E-state index contributed by atoms with van der Waals surface area (Å²) >= 11 is 0. The number of carboxylic acid groups (broad SMARTS) is 2. The average Bonchev–Trinajstić information content (AvgIpc) is 2.50. The van der Waals surface area contributed by atoms with Gasteiger partial charge in [0.05, 0.1) is 11.1 Å². The second kappa shape index (κ2) is 10.0. The van der Waals surface area contributed by atoms with E-state index < -0.39 is 11.9 Å². The van der Waals surface area contributed by atoms with Crippen LogP contribution in [0.1, 0.15) is 90.1 Å². The topological polar surface area (TPSA) is 74.6 Å². The van der Waals surface area contributed by atoms with Crippen molar-refractivity contribution >= 4 is 11.9 Å². The first-order valence-corrected chi connectivity index (χ1v) is 8.57. The van der Waals surface area contributed by atoms with Gasteiger partial charge in [-0.1, -0.05) is 51.9 Å². The second-order valence-electron chi connectivity index (χ2n) is 6.14. The van der Waals surface area contributed by atoms with Crippen LogP contribution in [0.3, 0.4) is 0 Å². The van der Waals surface area contributed by atoms with Gasteiger partial charge in [0.1, 0.15) is 0 Å². The predicted octanol–water partition coefficient (Wildman–Crippen LogP) is 5.07. The molecule has 0 radical (unpaired) electrons. The van der Waals surface area contributed by atoms with E-state index in [9.17, 15) is 14.7 Å². The lowest BCUT2D eigenvalue weighted by molar-refractivity contribution is 0.0695. The van der Waals surface area contributed by atoms with Gasteiger partial charge in [0, 0.05) is 0 Å². The normalized spacial score (nSPS) is 10.7.